The summed E-state index contributed by atoms with van der Waals surface area (Å²) in [7, 11) is 1.68. The molecule has 0 fully saturated rings. The highest BCUT2D eigenvalue weighted by molar-refractivity contribution is 6.00. The maximum Gasteiger partial charge on any atom is 0.183 e. The summed E-state index contributed by atoms with van der Waals surface area (Å²) in [6.45, 7) is 15.9. The lowest BCUT2D eigenvalue weighted by molar-refractivity contribution is 0.0456. The van der Waals surface area contributed by atoms with E-state index in [-0.39, 0.29) is 23.4 Å². The summed E-state index contributed by atoms with van der Waals surface area (Å²) in [6.07, 6.45) is 1.25. The molecule has 2 N–H and O–H groups in total. The van der Waals surface area contributed by atoms with Gasteiger partial charge in [-0.1, -0.05) is 40.2 Å². The van der Waals surface area contributed by atoms with Crippen LogP contribution in [0.15, 0.2) is 24.3 Å². The van der Waals surface area contributed by atoms with Crippen LogP contribution in [-0.4, -0.2) is 26.1 Å². The average molecular weight is 487 g/mol. The van der Waals surface area contributed by atoms with Gasteiger partial charge in [0.05, 0.1) is 18.0 Å². The van der Waals surface area contributed by atoms with Crippen LogP contribution in [0, 0.1) is 24.4 Å². The zero-order valence-corrected chi connectivity index (χ0v) is 22.0. The first-order chi connectivity index (χ1) is 16.2. The van der Waals surface area contributed by atoms with Crippen molar-refractivity contribution in [3.8, 4) is 0 Å². The summed E-state index contributed by atoms with van der Waals surface area (Å²) < 4.78 is 47.3. The number of nitrogens with one attached hydrogen (secondary N) is 2. The predicted octanol–water partition coefficient (Wildman–Crippen LogP) is 7.49. The molecule has 0 unspecified atom stereocenters. The van der Waals surface area contributed by atoms with Crippen molar-refractivity contribution in [2.75, 3.05) is 25.6 Å². The number of ketones is 1. The number of Topliss-reactive ketones (excluding diaryl/α,β-unsaturated/α-hetero) is 1. The Bertz CT molecular complexity index is 845. The highest BCUT2D eigenvalue weighted by atomic mass is 19.2. The summed E-state index contributed by atoms with van der Waals surface area (Å²) in [5, 5.41) is 2.49. The van der Waals surface area contributed by atoms with Gasteiger partial charge in [0.1, 0.15) is 5.82 Å². The predicted molar refractivity (Wildman–Crippen MR) is 134 cm³/mol. The molecule has 34 heavy (non-hydrogen) atoms. The number of methoxy groups -OCH3 is 1. The minimum atomic E-state index is -1.25. The van der Waals surface area contributed by atoms with Crippen molar-refractivity contribution >= 4 is 17.2 Å². The molecule has 0 bridgehead atoms. The molecular weight excluding hydrogens is 445 g/mol. The molecule has 0 aliphatic rings. The van der Waals surface area contributed by atoms with E-state index in [0.717, 1.165) is 6.61 Å². The molecule has 0 aliphatic heterocycles. The van der Waals surface area contributed by atoms with Crippen LogP contribution in [-0.2, 0) is 16.1 Å². The molecule has 0 spiro atoms. The highest BCUT2D eigenvalue weighted by Gasteiger charge is 2.21. The van der Waals surface area contributed by atoms with E-state index >= 15 is 0 Å². The van der Waals surface area contributed by atoms with Crippen molar-refractivity contribution < 1.29 is 27.5 Å². The number of rotatable bonds is 8. The van der Waals surface area contributed by atoms with Crippen LogP contribution in [0.1, 0.15) is 76.4 Å². The Labute approximate surface area is 203 Å². The number of carbonyl (C=O) groups is 1. The first kappa shape index (κ1) is 33.8. The van der Waals surface area contributed by atoms with Crippen LogP contribution in [0.2, 0.25) is 0 Å². The molecule has 0 aromatic heterocycles. The van der Waals surface area contributed by atoms with Crippen molar-refractivity contribution in [1.82, 2.24) is 5.48 Å². The van der Waals surface area contributed by atoms with Gasteiger partial charge in [0, 0.05) is 31.4 Å². The standard InChI is InChI=1S/C18H19F3N2O2.C3H8O.C3H8.C2H6/c1-4-25-22-9-12-8-13(11(3)24)18(17(21)16(12)20)23-15-6-5-10(2)7-14(15)19;1-3-4-2;1-3-2;1-2/h5-8,22-23H,4,9H2,1-3H3;3H2,1-2H3;3H2,1-2H3;1-2H3. The third-order valence-electron chi connectivity index (χ3n) is 3.84. The van der Waals surface area contributed by atoms with Gasteiger partial charge in [-0.25, -0.2) is 13.2 Å². The number of benzene rings is 2. The van der Waals surface area contributed by atoms with Gasteiger partial charge in [-0.2, -0.15) is 5.48 Å². The molecule has 0 amide bonds. The van der Waals surface area contributed by atoms with Gasteiger partial charge in [0.25, 0.3) is 0 Å². The normalized spacial score (nSPS) is 9.53. The van der Waals surface area contributed by atoms with E-state index in [0.29, 0.717) is 12.2 Å². The van der Waals surface area contributed by atoms with E-state index < -0.39 is 28.9 Å². The van der Waals surface area contributed by atoms with Gasteiger partial charge in [0.2, 0.25) is 0 Å². The zero-order chi connectivity index (χ0) is 26.7. The Morgan fingerprint density at radius 1 is 0.971 bits per heavy atom. The summed E-state index contributed by atoms with van der Waals surface area (Å²) in [5.41, 5.74) is 2.57. The number of anilines is 2. The Balaban J connectivity index is 0. The SMILES string of the molecule is CC.CCC.CCOC.CCONCc1cc(C(C)=O)c(Nc2ccc(C)cc2F)c(F)c1F. The molecule has 2 aromatic rings. The van der Waals surface area contributed by atoms with Crippen LogP contribution in [0.5, 0.6) is 0 Å². The number of halogens is 3. The number of carbonyl (C=O) groups excluding carboxylic acids is 1. The topological polar surface area (TPSA) is 59.6 Å². The zero-order valence-electron chi connectivity index (χ0n) is 22.0. The lowest BCUT2D eigenvalue weighted by Gasteiger charge is -2.16. The fourth-order valence-corrected chi connectivity index (χ4v) is 2.29. The van der Waals surface area contributed by atoms with Crippen LogP contribution in [0.3, 0.4) is 0 Å². The summed E-state index contributed by atoms with van der Waals surface area (Å²) in [6, 6.07) is 5.50. The Hall–Kier alpha value is -2.42. The molecule has 0 radical (unpaired) electrons. The third-order valence-corrected chi connectivity index (χ3v) is 3.84. The average Bonchev–Trinajstić information content (AvgIpc) is 2.81. The molecule has 2 rings (SSSR count). The number of hydrogen-bond acceptors (Lipinski definition) is 5. The molecule has 194 valence electrons. The monoisotopic (exact) mass is 486 g/mol. The molecule has 0 saturated heterocycles. The molecule has 0 saturated carbocycles. The van der Waals surface area contributed by atoms with Gasteiger partial charge in [-0.15, -0.1) is 0 Å². The Morgan fingerprint density at radius 2 is 1.53 bits per heavy atom. The van der Waals surface area contributed by atoms with E-state index in [1.165, 1.54) is 31.5 Å². The number of hydroxylamine groups is 1. The van der Waals surface area contributed by atoms with Crippen LogP contribution in [0.25, 0.3) is 0 Å². The molecule has 2 aromatic carbocycles. The largest absolute Gasteiger partial charge is 0.385 e. The summed E-state index contributed by atoms with van der Waals surface area (Å²) >= 11 is 0. The highest BCUT2D eigenvalue weighted by Crippen LogP contribution is 2.30. The molecule has 0 heterocycles. The fraction of sp³-hybridized carbons (Fsp3) is 0.500. The summed E-state index contributed by atoms with van der Waals surface area (Å²) in [5.74, 6) is -3.49. The van der Waals surface area contributed by atoms with E-state index in [9.17, 15) is 18.0 Å². The second-order valence-corrected chi connectivity index (χ2v) is 6.79. The Kier molecular flexibility index (Phi) is 19.8. The van der Waals surface area contributed by atoms with Crippen molar-refractivity contribution in [2.45, 2.75) is 68.4 Å². The fourth-order valence-electron chi connectivity index (χ4n) is 2.29. The lowest BCUT2D eigenvalue weighted by Crippen LogP contribution is -2.17. The second-order valence-electron chi connectivity index (χ2n) is 6.79. The van der Waals surface area contributed by atoms with Crippen molar-refractivity contribution in [3.63, 3.8) is 0 Å². The Morgan fingerprint density at radius 3 is 1.97 bits per heavy atom. The quantitative estimate of drug-likeness (QED) is 0.230. The summed E-state index contributed by atoms with van der Waals surface area (Å²) in [4.78, 5) is 16.8. The van der Waals surface area contributed by atoms with Crippen LogP contribution >= 0.6 is 0 Å². The number of ether oxygens (including phenoxy) is 1. The molecular formula is C26H41F3N2O3. The van der Waals surface area contributed by atoms with Crippen molar-refractivity contribution in [3.05, 3.63) is 58.4 Å². The van der Waals surface area contributed by atoms with E-state index in [4.69, 9.17) is 4.84 Å². The smallest absolute Gasteiger partial charge is 0.183 e. The lowest BCUT2D eigenvalue weighted by atomic mass is 10.0. The van der Waals surface area contributed by atoms with E-state index in [2.05, 4.69) is 29.4 Å². The number of hydrogen-bond donors (Lipinski definition) is 2. The molecule has 0 atom stereocenters. The van der Waals surface area contributed by atoms with Gasteiger partial charge < -0.3 is 14.9 Å². The number of aryl methyl sites for hydroxylation is 1. The van der Waals surface area contributed by atoms with E-state index in [1.807, 2.05) is 20.8 Å². The van der Waals surface area contributed by atoms with Crippen LogP contribution in [0.4, 0.5) is 24.5 Å². The minimum Gasteiger partial charge on any atom is -0.385 e. The van der Waals surface area contributed by atoms with Gasteiger partial charge in [0.15, 0.2) is 17.4 Å². The van der Waals surface area contributed by atoms with Gasteiger partial charge >= 0.3 is 0 Å². The van der Waals surface area contributed by atoms with Crippen LogP contribution < -0.4 is 10.8 Å². The van der Waals surface area contributed by atoms with E-state index in [1.54, 1.807) is 27.0 Å². The first-order valence-corrected chi connectivity index (χ1v) is 11.6. The van der Waals surface area contributed by atoms with Gasteiger partial charge in [-0.05, 0) is 51.5 Å². The van der Waals surface area contributed by atoms with Gasteiger partial charge in [-0.3, -0.25) is 4.79 Å². The first-order valence-electron chi connectivity index (χ1n) is 11.6. The second kappa shape index (κ2) is 20.0. The van der Waals surface area contributed by atoms with Crippen molar-refractivity contribution in [2.24, 2.45) is 0 Å². The molecule has 8 heteroatoms. The maximum absolute atomic E-state index is 14.5. The molecule has 0 aliphatic carbocycles. The minimum absolute atomic E-state index is 0.0495. The maximum atomic E-state index is 14.5. The van der Waals surface area contributed by atoms with Crippen molar-refractivity contribution in [1.29, 1.82) is 0 Å². The third kappa shape index (κ3) is 12.2. The molecule has 5 nitrogen and oxygen atoms in total.